The average Bonchev–Trinajstić information content (AvgIpc) is 2.58. The lowest BCUT2D eigenvalue weighted by Gasteiger charge is -2.01. The number of unbranched alkanes of at least 4 members (excludes halogenated alkanes) is 11. The zero-order chi connectivity index (χ0) is 17.9. The number of esters is 2. The molecule has 0 radical (unpaired) electrons. The van der Waals surface area contributed by atoms with Crippen LogP contribution in [-0.2, 0) is 14.3 Å². The quantitative estimate of drug-likeness (QED) is 0.0973. The standard InChI is InChI=1S/C20H35BrO3/c1-2-3-4-5-6-7-8-9-10-11-12-13-14-15-16-17-19(22)24-20(23)18-21/h9-10H,2-8,11-18H2,1H3. The van der Waals surface area contributed by atoms with Gasteiger partial charge in [0.25, 0.3) is 0 Å². The second kappa shape index (κ2) is 18.7. The maximum absolute atomic E-state index is 11.3. The van der Waals surface area contributed by atoms with Crippen molar-refractivity contribution in [3.8, 4) is 0 Å². The summed E-state index contributed by atoms with van der Waals surface area (Å²) in [5, 5.41) is 0.0745. The fourth-order valence-corrected chi connectivity index (χ4v) is 2.66. The first-order valence-corrected chi connectivity index (χ1v) is 10.8. The molecule has 0 rings (SSSR count). The Morgan fingerprint density at radius 1 is 0.750 bits per heavy atom. The number of hydrogen-bond donors (Lipinski definition) is 0. The number of allylic oxidation sites excluding steroid dienone is 2. The predicted octanol–water partition coefficient (Wildman–Crippen LogP) is 6.49. The third-order valence-corrected chi connectivity index (χ3v) is 4.44. The maximum atomic E-state index is 11.3. The van der Waals surface area contributed by atoms with Gasteiger partial charge in [-0.05, 0) is 32.1 Å². The van der Waals surface area contributed by atoms with Crippen LogP contribution in [0.4, 0.5) is 0 Å². The summed E-state index contributed by atoms with van der Waals surface area (Å²) in [6, 6.07) is 0. The predicted molar refractivity (Wildman–Crippen MR) is 104 cm³/mol. The van der Waals surface area contributed by atoms with Crippen molar-refractivity contribution in [1.82, 2.24) is 0 Å². The van der Waals surface area contributed by atoms with Crippen LogP contribution >= 0.6 is 15.9 Å². The van der Waals surface area contributed by atoms with Crippen LogP contribution in [0.15, 0.2) is 12.2 Å². The van der Waals surface area contributed by atoms with Crippen molar-refractivity contribution in [2.24, 2.45) is 0 Å². The zero-order valence-electron chi connectivity index (χ0n) is 15.4. The van der Waals surface area contributed by atoms with E-state index in [4.69, 9.17) is 0 Å². The van der Waals surface area contributed by atoms with Crippen LogP contribution in [-0.4, -0.2) is 17.3 Å². The van der Waals surface area contributed by atoms with Crippen LogP contribution in [0.5, 0.6) is 0 Å². The Bertz CT molecular complexity index is 340. The van der Waals surface area contributed by atoms with Crippen molar-refractivity contribution in [2.45, 2.75) is 96.8 Å². The van der Waals surface area contributed by atoms with Crippen LogP contribution in [0.25, 0.3) is 0 Å². The van der Waals surface area contributed by atoms with E-state index in [9.17, 15) is 9.59 Å². The minimum Gasteiger partial charge on any atom is -0.393 e. The van der Waals surface area contributed by atoms with Gasteiger partial charge in [-0.25, -0.2) is 0 Å². The minimum atomic E-state index is -0.507. The van der Waals surface area contributed by atoms with Crippen molar-refractivity contribution >= 4 is 27.9 Å². The topological polar surface area (TPSA) is 43.4 Å². The molecule has 0 heterocycles. The third kappa shape index (κ3) is 17.7. The van der Waals surface area contributed by atoms with Gasteiger partial charge in [-0.3, -0.25) is 9.59 Å². The summed E-state index contributed by atoms with van der Waals surface area (Å²) < 4.78 is 4.58. The van der Waals surface area contributed by atoms with Gasteiger partial charge >= 0.3 is 11.9 Å². The molecule has 0 saturated carbocycles. The molecule has 0 aromatic rings. The van der Waals surface area contributed by atoms with Crippen LogP contribution in [0.3, 0.4) is 0 Å². The molecule has 140 valence electrons. The number of ether oxygens (including phenoxy) is 1. The fourth-order valence-electron chi connectivity index (χ4n) is 2.55. The second-order valence-corrected chi connectivity index (χ2v) is 6.87. The summed E-state index contributed by atoms with van der Waals surface area (Å²) in [5.74, 6) is -0.912. The van der Waals surface area contributed by atoms with Gasteiger partial charge in [0.1, 0.15) is 5.33 Å². The molecule has 0 fully saturated rings. The van der Waals surface area contributed by atoms with Crippen molar-refractivity contribution in [3.05, 3.63) is 12.2 Å². The molecule has 0 aliphatic rings. The van der Waals surface area contributed by atoms with E-state index in [0.29, 0.717) is 6.42 Å². The smallest absolute Gasteiger partial charge is 0.324 e. The monoisotopic (exact) mass is 402 g/mol. The number of alkyl halides is 1. The lowest BCUT2D eigenvalue weighted by atomic mass is 10.1. The summed E-state index contributed by atoms with van der Waals surface area (Å²) in [6.07, 6.45) is 21.0. The van der Waals surface area contributed by atoms with Crippen molar-refractivity contribution in [1.29, 1.82) is 0 Å². The molecule has 0 spiro atoms. The lowest BCUT2D eigenvalue weighted by molar-refractivity contribution is -0.157. The highest BCUT2D eigenvalue weighted by molar-refractivity contribution is 9.09. The zero-order valence-corrected chi connectivity index (χ0v) is 17.0. The summed E-state index contributed by atoms with van der Waals surface area (Å²) in [7, 11) is 0. The molecule has 0 aromatic heterocycles. The van der Waals surface area contributed by atoms with Crippen molar-refractivity contribution in [3.63, 3.8) is 0 Å². The summed E-state index contributed by atoms with van der Waals surface area (Å²) in [6.45, 7) is 2.25. The van der Waals surface area contributed by atoms with Crippen molar-refractivity contribution < 1.29 is 14.3 Å². The number of rotatable bonds is 16. The molecular formula is C20H35BrO3. The molecule has 3 nitrogen and oxygen atoms in total. The molecule has 0 amide bonds. The maximum Gasteiger partial charge on any atom is 0.324 e. The summed E-state index contributed by atoms with van der Waals surface area (Å²) >= 11 is 2.96. The summed E-state index contributed by atoms with van der Waals surface area (Å²) in [4.78, 5) is 22.2. The van der Waals surface area contributed by atoms with Crippen LogP contribution < -0.4 is 0 Å². The highest BCUT2D eigenvalue weighted by Gasteiger charge is 2.07. The molecule has 0 aliphatic heterocycles. The van der Waals surface area contributed by atoms with E-state index in [1.54, 1.807) is 0 Å². The van der Waals surface area contributed by atoms with E-state index in [2.05, 4.69) is 39.7 Å². The van der Waals surface area contributed by atoms with Gasteiger partial charge in [0.15, 0.2) is 0 Å². The first-order chi connectivity index (χ1) is 11.7. The van der Waals surface area contributed by atoms with Crippen molar-refractivity contribution in [2.75, 3.05) is 5.33 Å². The molecule has 24 heavy (non-hydrogen) atoms. The number of hydrogen-bond acceptors (Lipinski definition) is 3. The van der Waals surface area contributed by atoms with Gasteiger partial charge in [-0.15, -0.1) is 0 Å². The van der Waals surface area contributed by atoms with Crippen LogP contribution in [0.2, 0.25) is 0 Å². The first-order valence-electron chi connectivity index (χ1n) is 9.65. The molecule has 0 aromatic carbocycles. The van der Waals surface area contributed by atoms with Gasteiger partial charge in [-0.2, -0.15) is 0 Å². The second-order valence-electron chi connectivity index (χ2n) is 6.31. The highest BCUT2D eigenvalue weighted by atomic mass is 79.9. The molecule has 0 saturated heterocycles. The van der Waals surface area contributed by atoms with Gasteiger partial charge < -0.3 is 4.74 Å². The number of carbonyl (C=O) groups excluding carboxylic acids is 2. The fraction of sp³-hybridized carbons (Fsp3) is 0.800. The summed E-state index contributed by atoms with van der Waals surface area (Å²) in [5.41, 5.74) is 0. The normalized spacial score (nSPS) is 11.1. The number of carbonyl (C=O) groups is 2. The lowest BCUT2D eigenvalue weighted by Crippen LogP contribution is -2.12. The van der Waals surface area contributed by atoms with Crippen LogP contribution in [0.1, 0.15) is 96.8 Å². The Labute approximate surface area is 156 Å². The Morgan fingerprint density at radius 2 is 1.25 bits per heavy atom. The van der Waals surface area contributed by atoms with E-state index >= 15 is 0 Å². The van der Waals surface area contributed by atoms with Gasteiger partial charge in [-0.1, -0.05) is 86.4 Å². The van der Waals surface area contributed by atoms with Crippen LogP contribution in [0, 0.1) is 0 Å². The number of halogens is 1. The van der Waals surface area contributed by atoms with E-state index in [1.807, 2.05) is 0 Å². The molecular weight excluding hydrogens is 368 g/mol. The average molecular weight is 403 g/mol. The highest BCUT2D eigenvalue weighted by Crippen LogP contribution is 2.10. The molecule has 0 unspecified atom stereocenters. The van der Waals surface area contributed by atoms with Gasteiger partial charge in [0.2, 0.25) is 0 Å². The van der Waals surface area contributed by atoms with E-state index in [0.717, 1.165) is 25.7 Å². The Balaban J connectivity index is 3.23. The Hall–Kier alpha value is -0.640. The van der Waals surface area contributed by atoms with Gasteiger partial charge in [0.05, 0.1) is 0 Å². The van der Waals surface area contributed by atoms with E-state index in [-0.39, 0.29) is 5.33 Å². The largest absolute Gasteiger partial charge is 0.393 e. The minimum absolute atomic E-state index is 0.0745. The van der Waals surface area contributed by atoms with Gasteiger partial charge in [0, 0.05) is 6.42 Å². The Kier molecular flexibility index (Phi) is 18.2. The third-order valence-electron chi connectivity index (χ3n) is 3.98. The Morgan fingerprint density at radius 3 is 1.79 bits per heavy atom. The molecule has 0 bridgehead atoms. The molecule has 4 heteroatoms. The molecule has 0 atom stereocenters. The molecule has 0 N–H and O–H groups in total. The van der Waals surface area contributed by atoms with E-state index in [1.165, 1.54) is 57.8 Å². The first kappa shape index (κ1) is 23.4. The SMILES string of the molecule is CCCCCCCCC=CCCCCCCCC(=O)OC(=O)CBr. The van der Waals surface area contributed by atoms with E-state index < -0.39 is 11.9 Å². The molecule has 0 aliphatic carbocycles.